The van der Waals surface area contributed by atoms with E-state index in [1.165, 1.54) is 12.7 Å². The molecule has 0 bridgehead atoms. The van der Waals surface area contributed by atoms with Gasteiger partial charge in [-0.1, -0.05) is 28.1 Å². The first kappa shape index (κ1) is 14.5. The smallest absolute Gasteiger partial charge is 0.310 e. The number of carbonyl (C=O) groups excluding carboxylic acids is 1. The van der Waals surface area contributed by atoms with Crippen molar-refractivity contribution >= 4 is 34.3 Å². The van der Waals surface area contributed by atoms with E-state index in [0.29, 0.717) is 6.54 Å². The van der Waals surface area contributed by atoms with Crippen molar-refractivity contribution in [2.45, 2.75) is 5.92 Å². The van der Waals surface area contributed by atoms with E-state index < -0.39 is 0 Å². The number of hydrogen-bond acceptors (Lipinski definition) is 3. The van der Waals surface area contributed by atoms with Crippen LogP contribution in [-0.4, -0.2) is 26.2 Å². The van der Waals surface area contributed by atoms with E-state index in [2.05, 4.69) is 33.4 Å². The Morgan fingerprint density at radius 1 is 1.35 bits per heavy atom. The van der Waals surface area contributed by atoms with Gasteiger partial charge in [-0.15, -0.1) is 12.4 Å². The highest BCUT2D eigenvalue weighted by atomic mass is 79.9. The predicted octanol–water partition coefficient (Wildman–Crippen LogP) is 2.35. The van der Waals surface area contributed by atoms with Gasteiger partial charge in [0, 0.05) is 23.5 Å². The molecule has 1 heterocycles. The Balaban J connectivity index is 0.00000144. The number of halogens is 2. The van der Waals surface area contributed by atoms with Crippen molar-refractivity contribution in [3.63, 3.8) is 0 Å². The van der Waals surface area contributed by atoms with Gasteiger partial charge in [0.25, 0.3) is 0 Å². The fourth-order valence-corrected chi connectivity index (χ4v) is 2.40. The molecule has 0 aliphatic carbocycles. The van der Waals surface area contributed by atoms with Crippen molar-refractivity contribution < 1.29 is 9.53 Å². The van der Waals surface area contributed by atoms with Crippen LogP contribution in [0.4, 0.5) is 0 Å². The minimum Gasteiger partial charge on any atom is -0.469 e. The van der Waals surface area contributed by atoms with Crippen molar-refractivity contribution in [1.29, 1.82) is 0 Å². The van der Waals surface area contributed by atoms with Crippen LogP contribution in [0.5, 0.6) is 0 Å². The fourth-order valence-electron chi connectivity index (χ4n) is 2.14. The topological polar surface area (TPSA) is 38.3 Å². The van der Waals surface area contributed by atoms with Gasteiger partial charge in [0.2, 0.25) is 0 Å². The van der Waals surface area contributed by atoms with Crippen LogP contribution in [0.25, 0.3) is 0 Å². The zero-order valence-corrected chi connectivity index (χ0v) is 11.9. The summed E-state index contributed by atoms with van der Waals surface area (Å²) in [5, 5.41) is 3.24. The van der Waals surface area contributed by atoms with Gasteiger partial charge in [0.15, 0.2) is 0 Å². The summed E-state index contributed by atoms with van der Waals surface area (Å²) in [7, 11) is 1.44. The van der Waals surface area contributed by atoms with Gasteiger partial charge in [0.1, 0.15) is 0 Å². The Morgan fingerprint density at radius 2 is 2.00 bits per heavy atom. The van der Waals surface area contributed by atoms with Gasteiger partial charge in [-0.25, -0.2) is 0 Å². The lowest BCUT2D eigenvalue weighted by molar-refractivity contribution is -0.145. The highest BCUT2D eigenvalue weighted by Crippen LogP contribution is 2.29. The minimum absolute atomic E-state index is 0. The summed E-state index contributed by atoms with van der Waals surface area (Å²) < 4.78 is 5.87. The van der Waals surface area contributed by atoms with Crippen molar-refractivity contribution in [3.05, 3.63) is 34.3 Å². The number of methoxy groups -OCH3 is 1. The van der Waals surface area contributed by atoms with Gasteiger partial charge in [-0.2, -0.15) is 0 Å². The maximum Gasteiger partial charge on any atom is 0.310 e. The number of rotatable bonds is 2. The molecule has 1 aromatic carbocycles. The van der Waals surface area contributed by atoms with Gasteiger partial charge >= 0.3 is 5.97 Å². The Morgan fingerprint density at radius 3 is 2.59 bits per heavy atom. The van der Waals surface area contributed by atoms with Crippen molar-refractivity contribution in [3.8, 4) is 0 Å². The maximum atomic E-state index is 11.6. The second-order valence-electron chi connectivity index (χ2n) is 3.95. The summed E-state index contributed by atoms with van der Waals surface area (Å²) in [6, 6.07) is 8.11. The number of esters is 1. The first-order valence-corrected chi connectivity index (χ1v) is 6.05. The van der Waals surface area contributed by atoms with Crippen LogP contribution < -0.4 is 5.32 Å². The number of nitrogens with one attached hydrogen (secondary N) is 1. The molecule has 2 unspecified atom stereocenters. The molecule has 2 rings (SSSR count). The maximum absolute atomic E-state index is 11.6. The third-order valence-electron chi connectivity index (χ3n) is 3.02. The molecule has 1 aliphatic heterocycles. The van der Waals surface area contributed by atoms with E-state index in [1.54, 1.807) is 0 Å². The number of ether oxygens (including phenoxy) is 1. The van der Waals surface area contributed by atoms with Crippen molar-refractivity contribution in [2.75, 3.05) is 20.2 Å². The quantitative estimate of drug-likeness (QED) is 0.850. The highest BCUT2D eigenvalue weighted by molar-refractivity contribution is 9.10. The SMILES string of the molecule is COC(=O)C1CNCC1c1ccc(Br)cc1.Cl. The Hall–Kier alpha value is -0.580. The van der Waals surface area contributed by atoms with E-state index in [1.807, 2.05) is 12.1 Å². The van der Waals surface area contributed by atoms with E-state index in [9.17, 15) is 4.79 Å². The molecular formula is C12H15BrClNO2. The molecule has 5 heteroatoms. The van der Waals surface area contributed by atoms with Gasteiger partial charge < -0.3 is 10.1 Å². The van der Waals surface area contributed by atoms with Gasteiger partial charge in [0.05, 0.1) is 13.0 Å². The summed E-state index contributed by atoms with van der Waals surface area (Å²) in [6.07, 6.45) is 0. The van der Waals surface area contributed by atoms with Crippen LogP contribution in [0, 0.1) is 5.92 Å². The Bertz CT molecular complexity index is 383. The number of hydrogen-bond donors (Lipinski definition) is 1. The molecule has 2 atom stereocenters. The van der Waals surface area contributed by atoms with E-state index in [4.69, 9.17) is 4.74 Å². The first-order chi connectivity index (χ1) is 7.72. The Kier molecular flexibility index (Phi) is 5.43. The van der Waals surface area contributed by atoms with Crippen LogP contribution in [0.3, 0.4) is 0 Å². The van der Waals surface area contributed by atoms with Crippen LogP contribution in [0.1, 0.15) is 11.5 Å². The molecule has 0 aromatic heterocycles. The molecule has 1 fully saturated rings. The molecule has 1 aliphatic rings. The average molecular weight is 321 g/mol. The second-order valence-corrected chi connectivity index (χ2v) is 4.86. The minimum atomic E-state index is -0.127. The molecule has 0 saturated carbocycles. The first-order valence-electron chi connectivity index (χ1n) is 5.26. The normalized spacial score (nSPS) is 22.9. The number of carbonyl (C=O) groups is 1. The third-order valence-corrected chi connectivity index (χ3v) is 3.54. The summed E-state index contributed by atoms with van der Waals surface area (Å²) in [5.74, 6) is 0.0321. The van der Waals surface area contributed by atoms with Gasteiger partial charge in [-0.05, 0) is 17.7 Å². The molecule has 94 valence electrons. The van der Waals surface area contributed by atoms with Crippen molar-refractivity contribution in [2.24, 2.45) is 5.92 Å². The molecule has 0 amide bonds. The van der Waals surface area contributed by atoms with Crippen LogP contribution in [0.2, 0.25) is 0 Å². The van der Waals surface area contributed by atoms with E-state index in [-0.39, 0.29) is 30.2 Å². The summed E-state index contributed by atoms with van der Waals surface area (Å²) in [6.45, 7) is 1.54. The fraction of sp³-hybridized carbons (Fsp3) is 0.417. The summed E-state index contributed by atoms with van der Waals surface area (Å²) >= 11 is 3.40. The van der Waals surface area contributed by atoms with Crippen LogP contribution >= 0.6 is 28.3 Å². The van der Waals surface area contributed by atoms with Crippen LogP contribution in [-0.2, 0) is 9.53 Å². The van der Waals surface area contributed by atoms with Crippen molar-refractivity contribution in [1.82, 2.24) is 5.32 Å². The lowest BCUT2D eigenvalue weighted by Gasteiger charge is -2.16. The molecular weight excluding hydrogens is 305 g/mol. The standard InChI is InChI=1S/C12H14BrNO2.ClH/c1-16-12(15)11-7-14-6-10(11)8-2-4-9(13)5-3-8;/h2-5,10-11,14H,6-7H2,1H3;1H. The highest BCUT2D eigenvalue weighted by Gasteiger charge is 2.34. The molecule has 1 N–H and O–H groups in total. The zero-order chi connectivity index (χ0) is 11.5. The second kappa shape index (κ2) is 6.38. The van der Waals surface area contributed by atoms with Crippen LogP contribution in [0.15, 0.2) is 28.7 Å². The molecule has 17 heavy (non-hydrogen) atoms. The lowest BCUT2D eigenvalue weighted by Crippen LogP contribution is -2.22. The zero-order valence-electron chi connectivity index (χ0n) is 9.48. The van der Waals surface area contributed by atoms with Gasteiger partial charge in [-0.3, -0.25) is 4.79 Å². The number of benzene rings is 1. The molecule has 0 radical (unpaired) electrons. The molecule has 1 saturated heterocycles. The molecule has 1 aromatic rings. The average Bonchev–Trinajstić information content (AvgIpc) is 2.78. The predicted molar refractivity (Wildman–Crippen MR) is 72.5 cm³/mol. The third kappa shape index (κ3) is 3.21. The van der Waals surface area contributed by atoms with E-state index in [0.717, 1.165) is 11.0 Å². The lowest BCUT2D eigenvalue weighted by atomic mass is 9.89. The Labute approximate surface area is 115 Å². The monoisotopic (exact) mass is 319 g/mol. The molecule has 0 spiro atoms. The summed E-state index contributed by atoms with van der Waals surface area (Å²) in [5.41, 5.74) is 1.18. The summed E-state index contributed by atoms with van der Waals surface area (Å²) in [4.78, 5) is 11.6. The molecule has 3 nitrogen and oxygen atoms in total. The largest absolute Gasteiger partial charge is 0.469 e. The van der Waals surface area contributed by atoms with E-state index >= 15 is 0 Å².